The average Bonchev–Trinajstić information content (AvgIpc) is 3.22. The van der Waals surface area contributed by atoms with Gasteiger partial charge in [0.25, 0.3) is 0 Å². The van der Waals surface area contributed by atoms with Gasteiger partial charge in [0.05, 0.1) is 22.8 Å². The molecule has 0 bridgehead atoms. The molecule has 0 fully saturated rings. The summed E-state index contributed by atoms with van der Waals surface area (Å²) in [5.41, 5.74) is 2.61. The van der Waals surface area contributed by atoms with E-state index in [1.54, 1.807) is 24.0 Å². The van der Waals surface area contributed by atoms with Crippen molar-refractivity contribution in [2.75, 3.05) is 25.1 Å². The van der Waals surface area contributed by atoms with E-state index in [9.17, 15) is 15.0 Å². The fourth-order valence-corrected chi connectivity index (χ4v) is 4.16. The molecule has 2 aromatic heterocycles. The number of aryl methyl sites for hydroxylation is 1. The first-order chi connectivity index (χ1) is 17.8. The van der Waals surface area contributed by atoms with Gasteiger partial charge in [-0.1, -0.05) is 29.8 Å². The quantitative estimate of drug-likeness (QED) is 0.310. The lowest BCUT2D eigenvalue weighted by molar-refractivity contribution is -0.143. The number of carboxylic acid groups (broad SMARTS) is 1. The van der Waals surface area contributed by atoms with Gasteiger partial charge in [-0.25, -0.2) is 9.78 Å². The first-order valence-electron chi connectivity index (χ1n) is 11.5. The van der Waals surface area contributed by atoms with Crippen LogP contribution in [0.3, 0.4) is 0 Å². The highest BCUT2D eigenvalue weighted by atomic mass is 35.5. The van der Waals surface area contributed by atoms with Gasteiger partial charge in [-0.05, 0) is 36.8 Å². The van der Waals surface area contributed by atoms with Crippen LogP contribution in [0.25, 0.3) is 22.2 Å². The topological polar surface area (TPSA) is 131 Å². The number of nitrogens with one attached hydrogen (secondary N) is 1. The second kappa shape index (κ2) is 9.72. The summed E-state index contributed by atoms with van der Waals surface area (Å²) >= 11 is 6.81. The molecule has 190 valence electrons. The Morgan fingerprint density at radius 1 is 1.24 bits per heavy atom. The Balaban J connectivity index is 1.45. The molecule has 0 saturated carbocycles. The van der Waals surface area contributed by atoms with E-state index in [4.69, 9.17) is 21.1 Å². The smallest absolute Gasteiger partial charge is 0.333 e. The lowest BCUT2D eigenvalue weighted by Gasteiger charge is -2.19. The van der Waals surface area contributed by atoms with Crippen LogP contribution in [0.2, 0.25) is 5.02 Å². The fourth-order valence-electron chi connectivity index (χ4n) is 3.87. The Bertz CT molecular complexity index is 1540. The largest absolute Gasteiger partial charge is 0.486 e. The van der Waals surface area contributed by atoms with Gasteiger partial charge in [-0.2, -0.15) is 5.10 Å². The molecule has 5 rings (SSSR count). The van der Waals surface area contributed by atoms with Crippen molar-refractivity contribution in [3.63, 3.8) is 0 Å². The minimum atomic E-state index is -1.63. The third-order valence-electron chi connectivity index (χ3n) is 6.08. The minimum absolute atomic E-state index is 0.499. The van der Waals surface area contributed by atoms with Crippen molar-refractivity contribution in [1.29, 1.82) is 0 Å². The van der Waals surface area contributed by atoms with Crippen LogP contribution < -0.4 is 14.8 Å². The van der Waals surface area contributed by atoms with Crippen LogP contribution in [0, 0.1) is 0 Å². The molecular weight excluding hydrogens is 498 g/mol. The predicted molar refractivity (Wildman–Crippen MR) is 140 cm³/mol. The zero-order chi connectivity index (χ0) is 26.2. The lowest BCUT2D eigenvalue weighted by atomic mass is 10.0. The summed E-state index contributed by atoms with van der Waals surface area (Å²) in [6.45, 7) is 1.74. The number of aromatic nitrogens is 3. The molecule has 10 nitrogen and oxygen atoms in total. The Kier molecular flexibility index (Phi) is 6.45. The highest BCUT2D eigenvalue weighted by Gasteiger charge is 2.31. The molecule has 1 aliphatic rings. The first kappa shape index (κ1) is 24.5. The number of carboxylic acids is 1. The molecule has 1 aliphatic heterocycles. The van der Waals surface area contributed by atoms with Gasteiger partial charge in [-0.3, -0.25) is 9.67 Å². The number of ether oxygens (including phenoxy) is 2. The van der Waals surface area contributed by atoms with Crippen LogP contribution in [0.5, 0.6) is 11.5 Å². The third-order valence-corrected chi connectivity index (χ3v) is 6.49. The standard InChI is InChI=1S/C26H24ClN5O5/c1-26(14-33,25(34)35)29-13-15-10-19-23(28-12-15)24(31-32(19)2)30-18-5-3-4-17(22(18)27)16-6-7-20-21(11-16)37-9-8-36-20/h3-7,10-13,33H,8-9,14H2,1-2H3,(H,30,31)(H,34,35). The van der Waals surface area contributed by atoms with Gasteiger partial charge in [0.1, 0.15) is 18.7 Å². The van der Waals surface area contributed by atoms with Crippen LogP contribution in [0.1, 0.15) is 12.5 Å². The van der Waals surface area contributed by atoms with E-state index < -0.39 is 18.1 Å². The van der Waals surface area contributed by atoms with Crippen molar-refractivity contribution in [3.05, 3.63) is 59.2 Å². The molecule has 4 aromatic rings. The molecule has 11 heteroatoms. The Morgan fingerprint density at radius 3 is 2.78 bits per heavy atom. The summed E-state index contributed by atoms with van der Waals surface area (Å²) in [6, 6.07) is 13.2. The van der Waals surface area contributed by atoms with E-state index in [2.05, 4.69) is 20.4 Å². The second-order valence-corrected chi connectivity index (χ2v) is 9.13. The number of nitrogens with zero attached hydrogens (tertiary/aromatic N) is 4. The van der Waals surface area contributed by atoms with E-state index in [-0.39, 0.29) is 0 Å². The number of anilines is 2. The summed E-state index contributed by atoms with van der Waals surface area (Å²) < 4.78 is 13.0. The summed E-state index contributed by atoms with van der Waals surface area (Å²) in [7, 11) is 1.78. The predicted octanol–water partition coefficient (Wildman–Crippen LogP) is 4.06. The number of aliphatic carboxylic acids is 1. The number of carbonyl (C=O) groups is 1. The molecule has 2 aromatic carbocycles. The molecule has 3 heterocycles. The van der Waals surface area contributed by atoms with E-state index in [1.165, 1.54) is 13.1 Å². The summed E-state index contributed by atoms with van der Waals surface area (Å²) in [5.74, 6) is 0.676. The Labute approximate surface area is 217 Å². The van der Waals surface area contributed by atoms with Crippen molar-refractivity contribution in [2.45, 2.75) is 12.5 Å². The van der Waals surface area contributed by atoms with E-state index in [0.29, 0.717) is 57.8 Å². The molecule has 0 radical (unpaired) electrons. The molecule has 0 aliphatic carbocycles. The number of aliphatic hydroxyl groups is 1. The zero-order valence-electron chi connectivity index (χ0n) is 20.1. The van der Waals surface area contributed by atoms with Crippen molar-refractivity contribution in [3.8, 4) is 22.6 Å². The van der Waals surface area contributed by atoms with Crippen LogP contribution in [0.4, 0.5) is 11.5 Å². The molecule has 0 amide bonds. The molecule has 0 spiro atoms. The highest BCUT2D eigenvalue weighted by molar-refractivity contribution is 6.36. The number of fused-ring (bicyclic) bond motifs is 2. The Morgan fingerprint density at radius 2 is 2.03 bits per heavy atom. The van der Waals surface area contributed by atoms with Crippen LogP contribution in [0.15, 0.2) is 53.7 Å². The van der Waals surface area contributed by atoms with Crippen LogP contribution in [-0.2, 0) is 11.8 Å². The van der Waals surface area contributed by atoms with Gasteiger partial charge in [0.2, 0.25) is 0 Å². The second-order valence-electron chi connectivity index (χ2n) is 8.75. The van der Waals surface area contributed by atoms with Gasteiger partial charge in [-0.15, -0.1) is 0 Å². The van der Waals surface area contributed by atoms with Crippen molar-refractivity contribution in [2.24, 2.45) is 12.0 Å². The monoisotopic (exact) mass is 521 g/mol. The summed E-state index contributed by atoms with van der Waals surface area (Å²) in [4.78, 5) is 19.9. The number of pyridine rings is 1. The number of aliphatic hydroxyl groups excluding tert-OH is 1. The van der Waals surface area contributed by atoms with Crippen LogP contribution >= 0.6 is 11.6 Å². The maximum Gasteiger partial charge on any atom is 0.333 e. The zero-order valence-corrected chi connectivity index (χ0v) is 20.9. The van der Waals surface area contributed by atoms with E-state index >= 15 is 0 Å². The molecule has 37 heavy (non-hydrogen) atoms. The molecule has 1 atom stereocenters. The van der Waals surface area contributed by atoms with Crippen LogP contribution in [-0.4, -0.2) is 62.5 Å². The fraction of sp³-hybridized carbons (Fsp3) is 0.231. The average molecular weight is 522 g/mol. The first-order valence-corrected chi connectivity index (χ1v) is 11.8. The molecule has 1 unspecified atom stereocenters. The number of benzene rings is 2. The normalized spacial score (nSPS) is 14.6. The maximum atomic E-state index is 11.4. The summed E-state index contributed by atoms with van der Waals surface area (Å²) in [6.07, 6.45) is 2.94. The minimum Gasteiger partial charge on any atom is -0.486 e. The van der Waals surface area contributed by atoms with Gasteiger partial charge in [0, 0.05) is 30.6 Å². The lowest BCUT2D eigenvalue weighted by Crippen LogP contribution is -2.37. The van der Waals surface area contributed by atoms with E-state index in [1.807, 2.05) is 36.4 Å². The number of hydrogen-bond donors (Lipinski definition) is 3. The van der Waals surface area contributed by atoms with Gasteiger partial charge >= 0.3 is 5.97 Å². The van der Waals surface area contributed by atoms with Crippen molar-refractivity contribution in [1.82, 2.24) is 14.8 Å². The number of rotatable bonds is 7. The van der Waals surface area contributed by atoms with E-state index in [0.717, 1.165) is 11.1 Å². The summed E-state index contributed by atoms with van der Waals surface area (Å²) in [5, 5.41) is 27.1. The third kappa shape index (κ3) is 4.68. The van der Waals surface area contributed by atoms with Crippen molar-refractivity contribution < 1.29 is 24.5 Å². The Hall–Kier alpha value is -4.15. The van der Waals surface area contributed by atoms with Gasteiger partial charge in [0.15, 0.2) is 22.9 Å². The number of halogens is 1. The molecule has 0 saturated heterocycles. The molecular formula is C26H24ClN5O5. The number of aliphatic imine (C=N–C) groups is 1. The van der Waals surface area contributed by atoms with Gasteiger partial charge < -0.3 is 25.0 Å². The maximum absolute atomic E-state index is 11.4. The molecule has 3 N–H and O–H groups in total. The SMILES string of the molecule is Cn1nc(Nc2cccc(-c3ccc4c(c3)OCCO4)c2Cl)c2ncc(C=NC(C)(CO)C(=O)O)cc21. The highest BCUT2D eigenvalue weighted by Crippen LogP contribution is 2.40. The number of hydrogen-bond acceptors (Lipinski definition) is 8. The van der Waals surface area contributed by atoms with Crippen molar-refractivity contribution >= 4 is 46.3 Å².